The Morgan fingerprint density at radius 3 is 2.71 bits per heavy atom. The van der Waals surface area contributed by atoms with Crippen LogP contribution in [0.1, 0.15) is 16.5 Å². The van der Waals surface area contributed by atoms with E-state index in [4.69, 9.17) is 11.6 Å². The lowest BCUT2D eigenvalue weighted by molar-refractivity contribution is 0.617. The highest BCUT2D eigenvalue weighted by Crippen LogP contribution is 2.33. The van der Waals surface area contributed by atoms with E-state index in [0.717, 1.165) is 15.5 Å². The van der Waals surface area contributed by atoms with Gasteiger partial charge < -0.3 is 5.32 Å². The van der Waals surface area contributed by atoms with E-state index in [0.29, 0.717) is 4.47 Å². The molecular formula is C12H10BrClFNS. The van der Waals surface area contributed by atoms with E-state index in [-0.39, 0.29) is 11.9 Å². The molecule has 1 unspecified atom stereocenters. The summed E-state index contributed by atoms with van der Waals surface area (Å²) in [6.45, 7) is 0. The molecule has 90 valence electrons. The SMILES string of the molecule is CNC(c1ccc(F)c(Br)c1)c1sccc1Cl. The summed E-state index contributed by atoms with van der Waals surface area (Å²) in [7, 11) is 1.86. The fourth-order valence-electron chi connectivity index (χ4n) is 1.65. The van der Waals surface area contributed by atoms with E-state index in [1.807, 2.05) is 18.5 Å². The van der Waals surface area contributed by atoms with Crippen LogP contribution in [0.25, 0.3) is 0 Å². The van der Waals surface area contributed by atoms with E-state index in [9.17, 15) is 4.39 Å². The number of rotatable bonds is 3. The first-order valence-electron chi connectivity index (χ1n) is 4.98. The van der Waals surface area contributed by atoms with Crippen molar-refractivity contribution >= 4 is 38.9 Å². The van der Waals surface area contributed by atoms with E-state index >= 15 is 0 Å². The minimum Gasteiger partial charge on any atom is -0.309 e. The van der Waals surface area contributed by atoms with E-state index < -0.39 is 0 Å². The zero-order valence-corrected chi connectivity index (χ0v) is 12.2. The summed E-state index contributed by atoms with van der Waals surface area (Å²) in [6.07, 6.45) is 0. The molecule has 0 aliphatic rings. The van der Waals surface area contributed by atoms with Crippen molar-refractivity contribution in [2.24, 2.45) is 0 Å². The van der Waals surface area contributed by atoms with Gasteiger partial charge in [0.2, 0.25) is 0 Å². The molecule has 0 saturated carbocycles. The molecule has 1 heterocycles. The van der Waals surface area contributed by atoms with E-state index in [2.05, 4.69) is 21.2 Å². The summed E-state index contributed by atoms with van der Waals surface area (Å²) in [5, 5.41) is 5.87. The fraction of sp³-hybridized carbons (Fsp3) is 0.167. The minimum absolute atomic E-state index is 0.0144. The van der Waals surface area contributed by atoms with Crippen LogP contribution in [0.2, 0.25) is 5.02 Å². The Morgan fingerprint density at radius 1 is 1.41 bits per heavy atom. The van der Waals surface area contributed by atoms with Crippen LogP contribution in [0.5, 0.6) is 0 Å². The Balaban J connectivity index is 2.42. The lowest BCUT2D eigenvalue weighted by atomic mass is 10.1. The maximum absolute atomic E-state index is 13.2. The van der Waals surface area contributed by atoms with Gasteiger partial charge in [-0.1, -0.05) is 17.7 Å². The predicted molar refractivity (Wildman–Crippen MR) is 74.3 cm³/mol. The van der Waals surface area contributed by atoms with Crippen LogP contribution in [0, 0.1) is 5.82 Å². The van der Waals surface area contributed by atoms with Crippen LogP contribution in [-0.2, 0) is 0 Å². The summed E-state index contributed by atoms with van der Waals surface area (Å²) in [6, 6.07) is 6.83. The van der Waals surface area contributed by atoms with Gasteiger partial charge in [-0.3, -0.25) is 0 Å². The summed E-state index contributed by atoms with van der Waals surface area (Å²) in [4.78, 5) is 1.03. The Morgan fingerprint density at radius 2 is 2.18 bits per heavy atom. The number of thiophene rings is 1. The molecular weight excluding hydrogens is 325 g/mol. The largest absolute Gasteiger partial charge is 0.309 e. The second-order valence-corrected chi connectivity index (χ2v) is 5.74. The van der Waals surface area contributed by atoms with Crippen LogP contribution in [0.4, 0.5) is 4.39 Å². The van der Waals surface area contributed by atoms with Crippen LogP contribution < -0.4 is 5.32 Å². The predicted octanol–water partition coefficient (Wildman–Crippen LogP) is 4.61. The molecule has 1 aromatic heterocycles. The van der Waals surface area contributed by atoms with Crippen molar-refractivity contribution in [3.05, 3.63) is 55.4 Å². The lowest BCUT2D eigenvalue weighted by Crippen LogP contribution is -2.16. The molecule has 1 nitrogen and oxygen atoms in total. The van der Waals surface area contributed by atoms with Crippen molar-refractivity contribution in [2.45, 2.75) is 6.04 Å². The zero-order valence-electron chi connectivity index (χ0n) is 9.01. The van der Waals surface area contributed by atoms with Crippen molar-refractivity contribution in [3.8, 4) is 0 Å². The van der Waals surface area contributed by atoms with Crippen molar-refractivity contribution in [1.82, 2.24) is 5.32 Å². The zero-order chi connectivity index (χ0) is 12.4. The quantitative estimate of drug-likeness (QED) is 0.864. The van der Waals surface area contributed by atoms with Gasteiger partial charge in [-0.05, 0) is 52.1 Å². The number of nitrogens with one attached hydrogen (secondary N) is 1. The molecule has 0 spiro atoms. The monoisotopic (exact) mass is 333 g/mol. The third kappa shape index (κ3) is 2.71. The summed E-state index contributed by atoms with van der Waals surface area (Å²) in [5.74, 6) is -0.263. The van der Waals surface area contributed by atoms with Crippen LogP contribution in [0.3, 0.4) is 0 Å². The fourth-order valence-corrected chi connectivity index (χ4v) is 3.35. The molecule has 1 N–H and O–H groups in total. The Bertz CT molecular complexity index is 529. The van der Waals surface area contributed by atoms with E-state index in [1.54, 1.807) is 23.5 Å². The Kier molecular flexibility index (Phi) is 4.20. The molecule has 0 fully saturated rings. The highest BCUT2D eigenvalue weighted by molar-refractivity contribution is 9.10. The van der Waals surface area contributed by atoms with Gasteiger partial charge in [-0.25, -0.2) is 4.39 Å². The van der Waals surface area contributed by atoms with Gasteiger partial charge >= 0.3 is 0 Å². The molecule has 0 aliphatic heterocycles. The van der Waals surface area contributed by atoms with Gasteiger partial charge in [-0.15, -0.1) is 11.3 Å². The third-order valence-corrected chi connectivity index (χ3v) is 4.50. The van der Waals surface area contributed by atoms with Gasteiger partial charge in [-0.2, -0.15) is 0 Å². The summed E-state index contributed by atoms with van der Waals surface area (Å²) < 4.78 is 13.7. The normalized spacial score (nSPS) is 12.7. The van der Waals surface area contributed by atoms with Gasteiger partial charge in [0.1, 0.15) is 5.82 Å². The standard InChI is InChI=1S/C12H10BrClFNS/c1-16-11(12-9(14)4-5-17-12)7-2-3-10(15)8(13)6-7/h2-6,11,16H,1H3. The second-order valence-electron chi connectivity index (χ2n) is 3.53. The molecule has 2 rings (SSSR count). The molecule has 0 amide bonds. The average molecular weight is 335 g/mol. The van der Waals surface area contributed by atoms with Crippen LogP contribution in [0.15, 0.2) is 34.1 Å². The van der Waals surface area contributed by atoms with Crippen molar-refractivity contribution in [2.75, 3.05) is 7.05 Å². The first-order valence-corrected chi connectivity index (χ1v) is 7.03. The summed E-state index contributed by atoms with van der Waals surface area (Å²) >= 11 is 10.9. The number of hydrogen-bond donors (Lipinski definition) is 1. The Hall–Kier alpha value is -0.420. The highest BCUT2D eigenvalue weighted by atomic mass is 79.9. The second kappa shape index (κ2) is 5.48. The van der Waals surface area contributed by atoms with Gasteiger partial charge in [0.15, 0.2) is 0 Å². The van der Waals surface area contributed by atoms with Crippen molar-refractivity contribution in [3.63, 3.8) is 0 Å². The summed E-state index contributed by atoms with van der Waals surface area (Å²) in [5.41, 5.74) is 0.977. The van der Waals surface area contributed by atoms with Gasteiger partial charge in [0.05, 0.1) is 15.5 Å². The molecule has 0 radical (unpaired) electrons. The molecule has 1 aromatic carbocycles. The molecule has 2 aromatic rings. The van der Waals surface area contributed by atoms with Crippen molar-refractivity contribution in [1.29, 1.82) is 0 Å². The molecule has 0 saturated heterocycles. The number of benzene rings is 1. The van der Waals surface area contributed by atoms with Crippen LogP contribution in [-0.4, -0.2) is 7.05 Å². The molecule has 0 aliphatic carbocycles. The highest BCUT2D eigenvalue weighted by Gasteiger charge is 2.17. The first-order chi connectivity index (χ1) is 8.13. The smallest absolute Gasteiger partial charge is 0.137 e. The van der Waals surface area contributed by atoms with Crippen LogP contribution >= 0.6 is 38.9 Å². The van der Waals surface area contributed by atoms with Crippen molar-refractivity contribution < 1.29 is 4.39 Å². The maximum Gasteiger partial charge on any atom is 0.137 e. The Labute approximate surface area is 117 Å². The lowest BCUT2D eigenvalue weighted by Gasteiger charge is -2.16. The maximum atomic E-state index is 13.2. The topological polar surface area (TPSA) is 12.0 Å². The molecule has 17 heavy (non-hydrogen) atoms. The van der Waals surface area contributed by atoms with E-state index in [1.165, 1.54) is 6.07 Å². The van der Waals surface area contributed by atoms with Gasteiger partial charge in [0.25, 0.3) is 0 Å². The minimum atomic E-state index is -0.263. The van der Waals surface area contributed by atoms with Gasteiger partial charge in [0, 0.05) is 4.88 Å². The molecule has 0 bridgehead atoms. The average Bonchev–Trinajstić information content (AvgIpc) is 2.71. The number of hydrogen-bond acceptors (Lipinski definition) is 2. The molecule has 1 atom stereocenters. The molecule has 5 heteroatoms. The number of halogens is 3. The third-order valence-electron chi connectivity index (χ3n) is 2.47. The first kappa shape index (κ1) is 13.0.